The number of carbonyl (C=O) groups is 1. The molecule has 0 aliphatic carbocycles. The Labute approximate surface area is 70.8 Å². The van der Waals surface area contributed by atoms with E-state index in [9.17, 15) is 4.79 Å². The average Bonchev–Trinajstić information content (AvgIpc) is 2.31. The minimum absolute atomic E-state index is 0.0498. The van der Waals surface area contributed by atoms with E-state index in [0.717, 1.165) is 17.8 Å². The van der Waals surface area contributed by atoms with Crippen LogP contribution in [0.25, 0.3) is 0 Å². The monoisotopic (exact) mass is 168 g/mol. The van der Waals surface area contributed by atoms with Crippen LogP contribution in [0.5, 0.6) is 0 Å². The number of hydrogen-bond acceptors (Lipinski definition) is 2. The average molecular weight is 168 g/mol. The van der Waals surface area contributed by atoms with Gasteiger partial charge in [0.1, 0.15) is 6.54 Å². The minimum Gasteiger partial charge on any atom is -0.480 e. The smallest absolute Gasteiger partial charge is 0.325 e. The largest absolute Gasteiger partial charge is 0.480 e. The zero-order valence-electron chi connectivity index (χ0n) is 7.24. The first-order valence-electron chi connectivity index (χ1n) is 3.88. The first-order chi connectivity index (χ1) is 5.63. The molecule has 0 bridgehead atoms. The van der Waals surface area contributed by atoms with Gasteiger partial charge in [0.05, 0.1) is 5.69 Å². The molecule has 0 saturated heterocycles. The number of aliphatic carboxylic acids is 1. The van der Waals surface area contributed by atoms with Gasteiger partial charge in [-0.15, -0.1) is 0 Å². The Hall–Kier alpha value is -1.32. The van der Waals surface area contributed by atoms with Gasteiger partial charge in [0, 0.05) is 5.69 Å². The van der Waals surface area contributed by atoms with E-state index in [4.69, 9.17) is 5.11 Å². The van der Waals surface area contributed by atoms with Crippen LogP contribution < -0.4 is 0 Å². The highest BCUT2D eigenvalue weighted by atomic mass is 16.4. The molecular weight excluding hydrogens is 156 g/mol. The molecule has 1 aromatic rings. The van der Waals surface area contributed by atoms with Crippen LogP contribution in [0.4, 0.5) is 0 Å². The summed E-state index contributed by atoms with van der Waals surface area (Å²) in [6.45, 7) is 3.80. The summed E-state index contributed by atoms with van der Waals surface area (Å²) < 4.78 is 1.50. The fourth-order valence-electron chi connectivity index (χ4n) is 1.04. The lowest BCUT2D eigenvalue weighted by molar-refractivity contribution is -0.137. The Morgan fingerprint density at radius 3 is 2.83 bits per heavy atom. The van der Waals surface area contributed by atoms with Crippen molar-refractivity contribution < 1.29 is 9.90 Å². The molecule has 1 aromatic heterocycles. The van der Waals surface area contributed by atoms with Crippen molar-refractivity contribution >= 4 is 5.97 Å². The highest BCUT2D eigenvalue weighted by molar-refractivity contribution is 5.66. The molecule has 4 heteroatoms. The van der Waals surface area contributed by atoms with Gasteiger partial charge in [-0.25, -0.2) is 0 Å². The maximum atomic E-state index is 10.4. The molecule has 1 heterocycles. The summed E-state index contributed by atoms with van der Waals surface area (Å²) in [5, 5.41) is 12.6. The van der Waals surface area contributed by atoms with Gasteiger partial charge in [0.25, 0.3) is 0 Å². The van der Waals surface area contributed by atoms with Crippen molar-refractivity contribution in [3.63, 3.8) is 0 Å². The van der Waals surface area contributed by atoms with Gasteiger partial charge in [-0.3, -0.25) is 9.48 Å². The van der Waals surface area contributed by atoms with Crippen LogP contribution in [0.15, 0.2) is 6.07 Å². The van der Waals surface area contributed by atoms with Gasteiger partial charge in [-0.2, -0.15) is 5.10 Å². The molecule has 0 aliphatic heterocycles. The zero-order valence-corrected chi connectivity index (χ0v) is 7.24. The Bertz CT molecular complexity index is 291. The van der Waals surface area contributed by atoms with E-state index in [1.807, 2.05) is 19.9 Å². The first-order valence-corrected chi connectivity index (χ1v) is 3.88. The molecule has 0 radical (unpaired) electrons. The summed E-state index contributed by atoms with van der Waals surface area (Å²) in [6, 6.07) is 1.91. The molecular formula is C8H12N2O2. The zero-order chi connectivity index (χ0) is 9.14. The predicted molar refractivity (Wildman–Crippen MR) is 44.0 cm³/mol. The number of rotatable bonds is 3. The lowest BCUT2D eigenvalue weighted by atomic mass is 10.3. The summed E-state index contributed by atoms with van der Waals surface area (Å²) in [5.41, 5.74) is 1.84. The lowest BCUT2D eigenvalue weighted by Gasteiger charge is -1.97. The van der Waals surface area contributed by atoms with Crippen LogP contribution in [-0.4, -0.2) is 20.9 Å². The molecule has 0 amide bonds. The predicted octanol–water partition coefficient (Wildman–Crippen LogP) is 0.839. The lowest BCUT2D eigenvalue weighted by Crippen LogP contribution is -2.11. The number of aromatic nitrogens is 2. The molecule has 4 nitrogen and oxygen atoms in total. The molecule has 66 valence electrons. The molecule has 0 atom stereocenters. The van der Waals surface area contributed by atoms with Crippen LogP contribution in [0.2, 0.25) is 0 Å². The van der Waals surface area contributed by atoms with Crippen molar-refractivity contribution in [3.05, 3.63) is 17.5 Å². The van der Waals surface area contributed by atoms with Crippen LogP contribution >= 0.6 is 0 Å². The molecule has 0 aromatic carbocycles. The number of hydrogen-bond donors (Lipinski definition) is 1. The van der Waals surface area contributed by atoms with E-state index in [2.05, 4.69) is 5.10 Å². The second-order valence-corrected chi connectivity index (χ2v) is 2.68. The van der Waals surface area contributed by atoms with E-state index in [1.54, 1.807) is 0 Å². The quantitative estimate of drug-likeness (QED) is 0.727. The highest BCUT2D eigenvalue weighted by Gasteiger charge is 2.05. The Balaban J connectivity index is 2.84. The summed E-state index contributed by atoms with van der Waals surface area (Å²) in [6.07, 6.45) is 0.841. The standard InChI is InChI=1S/C8H12N2O2/c1-3-7-4-6(2)10(9-7)5-8(11)12/h4H,3,5H2,1-2H3,(H,11,12). The molecule has 0 aliphatic rings. The van der Waals surface area contributed by atoms with Crippen molar-refractivity contribution in [2.24, 2.45) is 0 Å². The van der Waals surface area contributed by atoms with Crippen molar-refractivity contribution in [1.29, 1.82) is 0 Å². The Kier molecular flexibility index (Phi) is 2.47. The third-order valence-electron chi connectivity index (χ3n) is 1.68. The van der Waals surface area contributed by atoms with Gasteiger partial charge in [0.15, 0.2) is 0 Å². The van der Waals surface area contributed by atoms with Gasteiger partial charge < -0.3 is 5.11 Å². The van der Waals surface area contributed by atoms with Crippen molar-refractivity contribution in [1.82, 2.24) is 9.78 Å². The fourth-order valence-corrected chi connectivity index (χ4v) is 1.04. The van der Waals surface area contributed by atoms with E-state index in [0.29, 0.717) is 0 Å². The highest BCUT2D eigenvalue weighted by Crippen LogP contribution is 2.03. The van der Waals surface area contributed by atoms with Gasteiger partial charge in [-0.05, 0) is 19.4 Å². The van der Waals surface area contributed by atoms with E-state index in [-0.39, 0.29) is 6.54 Å². The van der Waals surface area contributed by atoms with Crippen molar-refractivity contribution in [2.45, 2.75) is 26.8 Å². The molecule has 0 fully saturated rings. The van der Waals surface area contributed by atoms with E-state index >= 15 is 0 Å². The number of carboxylic acid groups (broad SMARTS) is 1. The van der Waals surface area contributed by atoms with Crippen molar-refractivity contribution in [3.8, 4) is 0 Å². The maximum Gasteiger partial charge on any atom is 0.325 e. The minimum atomic E-state index is -0.858. The van der Waals surface area contributed by atoms with Gasteiger partial charge >= 0.3 is 5.97 Å². The number of carboxylic acids is 1. The van der Waals surface area contributed by atoms with E-state index < -0.39 is 5.97 Å². The summed E-state index contributed by atoms with van der Waals surface area (Å²) in [7, 11) is 0. The maximum absolute atomic E-state index is 10.4. The second-order valence-electron chi connectivity index (χ2n) is 2.68. The molecule has 1 N–H and O–H groups in total. The first kappa shape index (κ1) is 8.77. The molecule has 0 spiro atoms. The topological polar surface area (TPSA) is 55.1 Å². The van der Waals surface area contributed by atoms with Crippen LogP contribution in [0.3, 0.4) is 0 Å². The van der Waals surface area contributed by atoms with Gasteiger partial charge in [-0.1, -0.05) is 6.92 Å². The molecule has 0 saturated carbocycles. The Morgan fingerprint density at radius 2 is 2.42 bits per heavy atom. The van der Waals surface area contributed by atoms with Gasteiger partial charge in [0.2, 0.25) is 0 Å². The fraction of sp³-hybridized carbons (Fsp3) is 0.500. The summed E-state index contributed by atoms with van der Waals surface area (Å²) in [4.78, 5) is 10.4. The van der Waals surface area contributed by atoms with Crippen LogP contribution in [0.1, 0.15) is 18.3 Å². The molecule has 0 unspecified atom stereocenters. The van der Waals surface area contributed by atoms with E-state index in [1.165, 1.54) is 4.68 Å². The number of nitrogens with zero attached hydrogens (tertiary/aromatic N) is 2. The van der Waals surface area contributed by atoms with Crippen LogP contribution in [-0.2, 0) is 17.8 Å². The molecule has 1 rings (SSSR count). The second kappa shape index (κ2) is 3.38. The third-order valence-corrected chi connectivity index (χ3v) is 1.68. The number of aryl methyl sites for hydroxylation is 2. The van der Waals surface area contributed by atoms with Crippen molar-refractivity contribution in [2.75, 3.05) is 0 Å². The third kappa shape index (κ3) is 1.84. The SMILES string of the molecule is CCc1cc(C)n(CC(=O)O)n1. The summed E-state index contributed by atoms with van der Waals surface area (Å²) >= 11 is 0. The summed E-state index contributed by atoms with van der Waals surface area (Å²) in [5.74, 6) is -0.858. The Morgan fingerprint density at radius 1 is 1.75 bits per heavy atom. The molecule has 12 heavy (non-hydrogen) atoms. The normalized spacial score (nSPS) is 10.2. The van der Waals surface area contributed by atoms with Crippen LogP contribution in [0, 0.1) is 6.92 Å².